The van der Waals surface area contributed by atoms with Crippen molar-refractivity contribution >= 4 is 17.9 Å². The van der Waals surface area contributed by atoms with Crippen molar-refractivity contribution in [2.45, 2.75) is 19.9 Å². The van der Waals surface area contributed by atoms with Gasteiger partial charge in [0.1, 0.15) is 5.75 Å². The van der Waals surface area contributed by atoms with Gasteiger partial charge in [0.25, 0.3) is 0 Å². The number of para-hydroxylation sites is 1. The van der Waals surface area contributed by atoms with Gasteiger partial charge in [-0.25, -0.2) is 9.59 Å². The molecular formula is C21H28N4O5. The molecule has 0 bridgehead atoms. The summed E-state index contributed by atoms with van der Waals surface area (Å²) in [6.45, 7) is 6.43. The average molecular weight is 416 g/mol. The second-order valence-corrected chi connectivity index (χ2v) is 7.17. The number of carbonyl (C=O) groups excluding carboxylic acids is 3. The highest BCUT2D eigenvalue weighted by Crippen LogP contribution is 2.33. The maximum Gasteiger partial charge on any atom is 0.338 e. The fourth-order valence-electron chi connectivity index (χ4n) is 3.78. The van der Waals surface area contributed by atoms with E-state index in [0.717, 1.165) is 0 Å². The van der Waals surface area contributed by atoms with Crippen LogP contribution >= 0.6 is 0 Å². The van der Waals surface area contributed by atoms with Crippen LogP contribution in [0.3, 0.4) is 0 Å². The number of hydrogen-bond donors (Lipinski definition) is 2. The van der Waals surface area contributed by atoms with Crippen LogP contribution in [0.25, 0.3) is 0 Å². The van der Waals surface area contributed by atoms with Crippen molar-refractivity contribution in [3.05, 3.63) is 41.1 Å². The third kappa shape index (κ3) is 4.73. The van der Waals surface area contributed by atoms with Crippen molar-refractivity contribution < 1.29 is 23.9 Å². The van der Waals surface area contributed by atoms with Gasteiger partial charge < -0.3 is 25.0 Å². The highest BCUT2D eigenvalue weighted by Gasteiger charge is 2.36. The Balaban J connectivity index is 1.94. The second-order valence-electron chi connectivity index (χ2n) is 7.17. The van der Waals surface area contributed by atoms with E-state index in [9.17, 15) is 14.4 Å². The number of methoxy groups -OCH3 is 1. The molecule has 0 radical (unpaired) electrons. The summed E-state index contributed by atoms with van der Waals surface area (Å²) in [5.74, 6) is 0.131. The molecule has 9 heteroatoms. The molecule has 0 aliphatic carbocycles. The lowest BCUT2D eigenvalue weighted by Crippen LogP contribution is -2.52. The first-order chi connectivity index (χ1) is 14.4. The van der Waals surface area contributed by atoms with Gasteiger partial charge >= 0.3 is 12.0 Å². The smallest absolute Gasteiger partial charge is 0.338 e. The molecule has 1 fully saturated rings. The molecule has 3 rings (SSSR count). The van der Waals surface area contributed by atoms with Crippen molar-refractivity contribution in [2.24, 2.45) is 0 Å². The Hall–Kier alpha value is -3.07. The van der Waals surface area contributed by atoms with E-state index in [-0.39, 0.29) is 12.5 Å². The largest absolute Gasteiger partial charge is 0.496 e. The summed E-state index contributed by atoms with van der Waals surface area (Å²) in [4.78, 5) is 40.8. The summed E-state index contributed by atoms with van der Waals surface area (Å²) in [6.07, 6.45) is 0. The Bertz CT molecular complexity index is 846. The summed E-state index contributed by atoms with van der Waals surface area (Å²) in [7, 11) is 1.55. The fraction of sp³-hybridized carbons (Fsp3) is 0.476. The number of esters is 1. The number of amides is 3. The fourth-order valence-corrected chi connectivity index (χ4v) is 3.78. The molecule has 2 N–H and O–H groups in total. The Morgan fingerprint density at radius 3 is 2.50 bits per heavy atom. The standard InChI is InChI=1S/C21H28N4O5/c1-4-30-20(27)18-16(13-24-9-11-25(12-10-24)14(2)26)22-21(28)23-19(18)15-7-5-6-8-17(15)29-3/h5-8,19H,4,9-13H2,1-3H3,(H2,22,23,28)/t19-/m1/s1. The van der Waals surface area contributed by atoms with Crippen LogP contribution in [-0.4, -0.2) is 74.1 Å². The summed E-state index contributed by atoms with van der Waals surface area (Å²) in [5, 5.41) is 5.62. The number of hydrogen-bond acceptors (Lipinski definition) is 6. The van der Waals surface area contributed by atoms with E-state index in [1.165, 1.54) is 0 Å². The molecule has 0 aromatic heterocycles. The number of rotatable bonds is 6. The zero-order valence-electron chi connectivity index (χ0n) is 17.6. The number of nitrogens with zero attached hydrogens (tertiary/aromatic N) is 2. The minimum atomic E-state index is -0.692. The van der Waals surface area contributed by atoms with E-state index in [1.807, 2.05) is 18.2 Å². The number of nitrogens with one attached hydrogen (secondary N) is 2. The number of ether oxygens (including phenoxy) is 2. The molecule has 0 unspecified atom stereocenters. The Morgan fingerprint density at radius 1 is 1.17 bits per heavy atom. The number of benzene rings is 1. The SMILES string of the molecule is CCOC(=O)C1=C(CN2CCN(C(C)=O)CC2)NC(=O)N[C@@H]1c1ccccc1OC. The Kier molecular flexibility index (Phi) is 6.94. The molecule has 3 amide bonds. The molecule has 2 aliphatic heterocycles. The molecule has 162 valence electrons. The van der Waals surface area contributed by atoms with Crippen LogP contribution in [0.1, 0.15) is 25.5 Å². The zero-order chi connectivity index (χ0) is 21.7. The van der Waals surface area contributed by atoms with Crippen molar-refractivity contribution in [2.75, 3.05) is 46.4 Å². The molecule has 1 aromatic carbocycles. The summed E-state index contributed by atoms with van der Waals surface area (Å²) >= 11 is 0. The molecule has 1 saturated heterocycles. The molecule has 9 nitrogen and oxygen atoms in total. The lowest BCUT2D eigenvalue weighted by atomic mass is 9.94. The van der Waals surface area contributed by atoms with E-state index in [2.05, 4.69) is 15.5 Å². The van der Waals surface area contributed by atoms with Gasteiger partial charge in [0, 0.05) is 50.9 Å². The molecule has 0 saturated carbocycles. The minimum Gasteiger partial charge on any atom is -0.496 e. The third-order valence-electron chi connectivity index (χ3n) is 5.30. The first-order valence-corrected chi connectivity index (χ1v) is 10.0. The molecule has 2 aliphatic rings. The van der Waals surface area contributed by atoms with Crippen LogP contribution in [0, 0.1) is 0 Å². The first-order valence-electron chi connectivity index (χ1n) is 10.0. The first kappa shape index (κ1) is 21.6. The lowest BCUT2D eigenvalue weighted by molar-refractivity contribution is -0.139. The van der Waals surface area contributed by atoms with E-state index in [1.54, 1.807) is 31.9 Å². The molecule has 30 heavy (non-hydrogen) atoms. The van der Waals surface area contributed by atoms with Gasteiger partial charge in [0.2, 0.25) is 5.91 Å². The third-order valence-corrected chi connectivity index (χ3v) is 5.30. The maximum atomic E-state index is 12.9. The van der Waals surface area contributed by atoms with E-state index >= 15 is 0 Å². The Labute approximate surface area is 176 Å². The topological polar surface area (TPSA) is 100 Å². The molecule has 1 atom stereocenters. The monoisotopic (exact) mass is 416 g/mol. The van der Waals surface area contributed by atoms with Gasteiger partial charge in [-0.15, -0.1) is 0 Å². The quantitative estimate of drug-likeness (QED) is 0.672. The summed E-state index contributed by atoms with van der Waals surface area (Å²) in [5.41, 5.74) is 1.54. The zero-order valence-corrected chi connectivity index (χ0v) is 17.6. The maximum absolute atomic E-state index is 12.9. The number of urea groups is 1. The van der Waals surface area contributed by atoms with Gasteiger partial charge in [0.05, 0.1) is 25.3 Å². The van der Waals surface area contributed by atoms with E-state index < -0.39 is 18.0 Å². The molecule has 2 heterocycles. The summed E-state index contributed by atoms with van der Waals surface area (Å²) < 4.78 is 10.8. The van der Waals surface area contributed by atoms with Crippen molar-refractivity contribution in [3.63, 3.8) is 0 Å². The molecular weight excluding hydrogens is 388 g/mol. The van der Waals surface area contributed by atoms with Crippen LogP contribution in [-0.2, 0) is 14.3 Å². The van der Waals surface area contributed by atoms with E-state index in [0.29, 0.717) is 55.3 Å². The lowest BCUT2D eigenvalue weighted by Gasteiger charge is -2.36. The van der Waals surface area contributed by atoms with Crippen LogP contribution in [0.15, 0.2) is 35.5 Å². The van der Waals surface area contributed by atoms with Crippen molar-refractivity contribution in [1.82, 2.24) is 20.4 Å². The highest BCUT2D eigenvalue weighted by atomic mass is 16.5. The second kappa shape index (κ2) is 9.62. The van der Waals surface area contributed by atoms with Crippen LogP contribution in [0.4, 0.5) is 4.79 Å². The number of piperazine rings is 1. The van der Waals surface area contributed by atoms with Crippen molar-refractivity contribution in [1.29, 1.82) is 0 Å². The normalized spacial score (nSPS) is 19.8. The Morgan fingerprint density at radius 2 is 1.87 bits per heavy atom. The van der Waals surface area contributed by atoms with Gasteiger partial charge in [-0.1, -0.05) is 18.2 Å². The van der Waals surface area contributed by atoms with Gasteiger partial charge in [-0.2, -0.15) is 0 Å². The van der Waals surface area contributed by atoms with Crippen LogP contribution < -0.4 is 15.4 Å². The minimum absolute atomic E-state index is 0.0486. The average Bonchev–Trinajstić information content (AvgIpc) is 2.73. The molecule has 0 spiro atoms. The number of carbonyl (C=O) groups is 3. The van der Waals surface area contributed by atoms with Gasteiger partial charge in [-0.05, 0) is 13.0 Å². The molecule has 1 aromatic rings. The van der Waals surface area contributed by atoms with Gasteiger partial charge in [-0.3, -0.25) is 9.69 Å². The predicted molar refractivity (Wildman–Crippen MR) is 110 cm³/mol. The van der Waals surface area contributed by atoms with E-state index in [4.69, 9.17) is 9.47 Å². The highest BCUT2D eigenvalue weighted by molar-refractivity contribution is 5.95. The van der Waals surface area contributed by atoms with Crippen molar-refractivity contribution in [3.8, 4) is 5.75 Å². The van der Waals surface area contributed by atoms with Gasteiger partial charge in [0.15, 0.2) is 0 Å². The van der Waals surface area contributed by atoms with Crippen LogP contribution in [0.5, 0.6) is 5.75 Å². The summed E-state index contributed by atoms with van der Waals surface area (Å²) in [6, 6.07) is 6.17. The predicted octanol–water partition coefficient (Wildman–Crippen LogP) is 1.03. The van der Waals surface area contributed by atoms with Crippen LogP contribution in [0.2, 0.25) is 0 Å².